The molecule has 2 aromatic rings. The number of nitrogens with two attached hydrogens (primary N) is 1. The van der Waals surface area contributed by atoms with Gasteiger partial charge in [-0.1, -0.05) is 31.2 Å². The lowest BCUT2D eigenvalue weighted by atomic mass is 9.96. The SMILES string of the molecule is Br.CC(=O)C[C@@H](C)c1ccc(O)cc1.C[C@H](N)c1ccc(O)cc1. The highest BCUT2D eigenvalue weighted by atomic mass is 79.9. The molecule has 4 N–H and O–H groups in total. The summed E-state index contributed by atoms with van der Waals surface area (Å²) in [6, 6.07) is 13.9. The molecule has 0 spiro atoms. The van der Waals surface area contributed by atoms with Gasteiger partial charge in [-0.05, 0) is 55.2 Å². The number of phenols is 2. The summed E-state index contributed by atoms with van der Waals surface area (Å²) in [5, 5.41) is 18.0. The molecule has 0 saturated heterocycles. The van der Waals surface area contributed by atoms with Crippen molar-refractivity contribution in [3.63, 3.8) is 0 Å². The zero-order valence-electron chi connectivity index (χ0n) is 14.3. The molecule has 0 unspecified atom stereocenters. The Kier molecular flexibility index (Phi) is 10.0. The smallest absolute Gasteiger partial charge is 0.130 e. The molecule has 0 aliphatic rings. The fourth-order valence-electron chi connectivity index (χ4n) is 2.13. The van der Waals surface area contributed by atoms with Crippen LogP contribution in [0.5, 0.6) is 11.5 Å². The van der Waals surface area contributed by atoms with E-state index in [9.17, 15) is 4.79 Å². The Labute approximate surface area is 154 Å². The molecule has 0 aromatic heterocycles. The predicted octanol–water partition coefficient (Wildman–Crippen LogP) is 4.46. The van der Waals surface area contributed by atoms with Crippen molar-refractivity contribution in [2.24, 2.45) is 5.73 Å². The Hall–Kier alpha value is -1.85. The third-order valence-corrected chi connectivity index (χ3v) is 3.47. The predicted molar refractivity (Wildman–Crippen MR) is 103 cm³/mol. The summed E-state index contributed by atoms with van der Waals surface area (Å²) in [5.41, 5.74) is 7.71. The van der Waals surface area contributed by atoms with Crippen LogP contribution in [0.15, 0.2) is 48.5 Å². The topological polar surface area (TPSA) is 83.5 Å². The van der Waals surface area contributed by atoms with Crippen LogP contribution in [-0.4, -0.2) is 16.0 Å². The van der Waals surface area contributed by atoms with Crippen molar-refractivity contribution >= 4 is 22.8 Å². The number of carbonyl (C=O) groups excluding carboxylic acids is 1. The van der Waals surface area contributed by atoms with E-state index in [1.807, 2.05) is 38.1 Å². The molecule has 0 heterocycles. The van der Waals surface area contributed by atoms with Crippen LogP contribution in [0.3, 0.4) is 0 Å². The van der Waals surface area contributed by atoms with E-state index in [0.717, 1.165) is 11.1 Å². The van der Waals surface area contributed by atoms with Gasteiger partial charge in [-0.2, -0.15) is 0 Å². The van der Waals surface area contributed by atoms with Gasteiger partial charge in [0.25, 0.3) is 0 Å². The summed E-state index contributed by atoms with van der Waals surface area (Å²) in [7, 11) is 0. The summed E-state index contributed by atoms with van der Waals surface area (Å²) in [6.07, 6.45) is 0.560. The van der Waals surface area contributed by atoms with Gasteiger partial charge in [0.05, 0.1) is 0 Å². The minimum Gasteiger partial charge on any atom is -0.508 e. The van der Waals surface area contributed by atoms with Crippen molar-refractivity contribution in [2.75, 3.05) is 0 Å². The number of carbonyl (C=O) groups is 1. The lowest BCUT2D eigenvalue weighted by molar-refractivity contribution is -0.117. The number of benzene rings is 2. The molecular weight excluding hydrogens is 370 g/mol. The highest BCUT2D eigenvalue weighted by Gasteiger charge is 2.07. The molecule has 2 aromatic carbocycles. The molecule has 2 rings (SSSR count). The van der Waals surface area contributed by atoms with Gasteiger partial charge in [0.2, 0.25) is 0 Å². The monoisotopic (exact) mass is 395 g/mol. The van der Waals surface area contributed by atoms with E-state index < -0.39 is 0 Å². The van der Waals surface area contributed by atoms with Gasteiger partial charge in [0, 0.05) is 12.5 Å². The van der Waals surface area contributed by atoms with Crippen molar-refractivity contribution in [3.05, 3.63) is 59.7 Å². The maximum absolute atomic E-state index is 10.8. The highest BCUT2D eigenvalue weighted by molar-refractivity contribution is 8.93. The molecule has 0 amide bonds. The number of rotatable bonds is 4. The molecule has 0 aliphatic carbocycles. The Morgan fingerprint density at radius 2 is 1.29 bits per heavy atom. The molecule has 24 heavy (non-hydrogen) atoms. The normalized spacial score (nSPS) is 12.2. The largest absolute Gasteiger partial charge is 0.508 e. The van der Waals surface area contributed by atoms with E-state index in [0.29, 0.717) is 6.42 Å². The summed E-state index contributed by atoms with van der Waals surface area (Å²) in [6.45, 7) is 5.51. The molecule has 0 saturated carbocycles. The minimum absolute atomic E-state index is 0. The van der Waals surface area contributed by atoms with Crippen LogP contribution in [0.4, 0.5) is 0 Å². The molecule has 0 radical (unpaired) electrons. The second-order valence-electron chi connectivity index (χ2n) is 5.78. The van der Waals surface area contributed by atoms with Crippen LogP contribution in [0, 0.1) is 0 Å². The first-order chi connectivity index (χ1) is 10.8. The van der Waals surface area contributed by atoms with Crippen LogP contribution in [0.25, 0.3) is 0 Å². The van der Waals surface area contributed by atoms with Gasteiger partial charge < -0.3 is 20.7 Å². The van der Waals surface area contributed by atoms with E-state index in [1.54, 1.807) is 31.2 Å². The van der Waals surface area contributed by atoms with Gasteiger partial charge in [0.15, 0.2) is 0 Å². The lowest BCUT2D eigenvalue weighted by Gasteiger charge is -2.09. The number of ketones is 1. The van der Waals surface area contributed by atoms with Crippen molar-refractivity contribution < 1.29 is 15.0 Å². The number of phenolic OH excluding ortho intramolecular Hbond substituents is 2. The quantitative estimate of drug-likeness (QED) is 0.712. The lowest BCUT2D eigenvalue weighted by Crippen LogP contribution is -2.03. The maximum atomic E-state index is 10.8. The van der Waals surface area contributed by atoms with Gasteiger partial charge in [0.1, 0.15) is 17.3 Å². The maximum Gasteiger partial charge on any atom is 0.130 e. The van der Waals surface area contributed by atoms with Crippen LogP contribution in [0.2, 0.25) is 0 Å². The Morgan fingerprint density at radius 1 is 0.917 bits per heavy atom. The first kappa shape index (κ1) is 22.1. The molecule has 5 heteroatoms. The van der Waals surface area contributed by atoms with Crippen LogP contribution < -0.4 is 5.73 Å². The summed E-state index contributed by atoms with van der Waals surface area (Å²) >= 11 is 0. The van der Waals surface area contributed by atoms with Crippen LogP contribution >= 0.6 is 17.0 Å². The number of Topliss-reactive ketones (excluding diaryl/α,β-unsaturated/α-hetero) is 1. The Bertz CT molecular complexity index is 610. The Balaban J connectivity index is 0.000000436. The number of hydrogen-bond acceptors (Lipinski definition) is 4. The van der Waals surface area contributed by atoms with E-state index >= 15 is 0 Å². The zero-order chi connectivity index (χ0) is 17.4. The molecule has 132 valence electrons. The zero-order valence-corrected chi connectivity index (χ0v) is 16.0. The van der Waals surface area contributed by atoms with Gasteiger partial charge in [-0.25, -0.2) is 0 Å². The number of aromatic hydroxyl groups is 2. The summed E-state index contributed by atoms with van der Waals surface area (Å²) in [4.78, 5) is 10.8. The van der Waals surface area contributed by atoms with Crippen molar-refractivity contribution in [1.82, 2.24) is 0 Å². The third-order valence-electron chi connectivity index (χ3n) is 3.47. The first-order valence-corrected chi connectivity index (χ1v) is 7.62. The van der Waals surface area contributed by atoms with E-state index in [2.05, 4.69) is 0 Å². The summed E-state index contributed by atoms with van der Waals surface area (Å²) in [5.74, 6) is 0.974. The molecule has 0 fully saturated rings. The van der Waals surface area contributed by atoms with E-state index in [4.69, 9.17) is 15.9 Å². The minimum atomic E-state index is 0. The Morgan fingerprint density at radius 3 is 1.62 bits per heavy atom. The molecule has 2 atom stereocenters. The van der Waals surface area contributed by atoms with Crippen LogP contribution in [-0.2, 0) is 4.79 Å². The second kappa shape index (κ2) is 10.8. The molecular formula is C19H26BrNO3. The third kappa shape index (κ3) is 8.13. The molecule has 0 aliphatic heterocycles. The van der Waals surface area contributed by atoms with Crippen molar-refractivity contribution in [2.45, 2.75) is 39.2 Å². The van der Waals surface area contributed by atoms with Gasteiger partial charge in [-0.15, -0.1) is 17.0 Å². The van der Waals surface area contributed by atoms with Gasteiger partial charge >= 0.3 is 0 Å². The number of halogens is 1. The fraction of sp³-hybridized carbons (Fsp3) is 0.316. The summed E-state index contributed by atoms with van der Waals surface area (Å²) < 4.78 is 0. The van der Waals surface area contributed by atoms with E-state index in [1.165, 1.54) is 0 Å². The van der Waals surface area contributed by atoms with Gasteiger partial charge in [-0.3, -0.25) is 0 Å². The second-order valence-corrected chi connectivity index (χ2v) is 5.78. The molecule has 4 nitrogen and oxygen atoms in total. The average molecular weight is 396 g/mol. The van der Waals surface area contributed by atoms with Crippen LogP contribution in [0.1, 0.15) is 50.3 Å². The van der Waals surface area contributed by atoms with Crippen molar-refractivity contribution in [1.29, 1.82) is 0 Å². The van der Waals surface area contributed by atoms with Crippen molar-refractivity contribution in [3.8, 4) is 11.5 Å². The molecule has 0 bridgehead atoms. The average Bonchev–Trinajstić information content (AvgIpc) is 2.48. The number of hydrogen-bond donors (Lipinski definition) is 3. The standard InChI is InChI=1S/C11H14O2.C8H11NO.BrH/c1-8(7-9(2)12)10-3-5-11(13)6-4-10;1-6(9)7-2-4-8(10)5-3-7;/h3-6,8,13H,7H2,1-2H3;2-6,10H,9H2,1H3;1H/t8-;6-;/m10./s1. The first-order valence-electron chi connectivity index (χ1n) is 7.62. The fourth-order valence-corrected chi connectivity index (χ4v) is 2.13. The highest BCUT2D eigenvalue weighted by Crippen LogP contribution is 2.21. The van der Waals surface area contributed by atoms with E-state index in [-0.39, 0.29) is 46.2 Å².